The van der Waals surface area contributed by atoms with Gasteiger partial charge >= 0.3 is 12.4 Å². The Morgan fingerprint density at radius 3 is 2.00 bits per heavy atom. The predicted molar refractivity (Wildman–Crippen MR) is 133 cm³/mol. The molecular formula is C29H32F7NO2. The zero-order valence-electron chi connectivity index (χ0n) is 21.8. The molecule has 2 aromatic rings. The van der Waals surface area contributed by atoms with Crippen LogP contribution < -0.4 is 0 Å². The van der Waals surface area contributed by atoms with Crippen LogP contribution >= 0.6 is 0 Å². The van der Waals surface area contributed by atoms with Gasteiger partial charge < -0.3 is 10.0 Å². The van der Waals surface area contributed by atoms with E-state index in [4.69, 9.17) is 5.11 Å². The van der Waals surface area contributed by atoms with Gasteiger partial charge in [-0.25, -0.2) is 4.39 Å². The standard InChI is InChI=1S/C20H26FNO.C9H6F6O/c1-14-19(10-11-20(14)23)22(2)13-15-4-3-5-17(12-15)16-6-8-18(21)9-7-16;10-8(11,12)6-1-5(4-16)2-7(3-6)9(13,14)15/h6-9,15,17H,3-5,10-13H2,1-2H3;1-3,16H,4H2. The summed E-state index contributed by atoms with van der Waals surface area (Å²) in [4.78, 5) is 14.0. The molecule has 10 heteroatoms. The zero-order chi connectivity index (χ0) is 29.0. The first-order valence-corrected chi connectivity index (χ1v) is 12.8. The number of hydrogen-bond acceptors (Lipinski definition) is 3. The number of benzene rings is 2. The van der Waals surface area contributed by atoms with Crippen molar-refractivity contribution in [2.45, 2.75) is 70.3 Å². The van der Waals surface area contributed by atoms with Crippen LogP contribution in [-0.4, -0.2) is 29.4 Å². The maximum atomic E-state index is 13.1. The number of aliphatic hydroxyl groups is 1. The number of nitrogens with zero attached hydrogens (tertiary/aromatic N) is 1. The minimum absolute atomic E-state index is 0.0131. The molecule has 0 amide bonds. The Kier molecular flexibility index (Phi) is 9.85. The molecule has 0 aliphatic heterocycles. The molecular weight excluding hydrogens is 527 g/mol. The highest BCUT2D eigenvalue weighted by Crippen LogP contribution is 2.38. The van der Waals surface area contributed by atoms with Gasteiger partial charge in [-0.1, -0.05) is 18.6 Å². The number of carbonyl (C=O) groups is 1. The number of halogens is 7. The van der Waals surface area contributed by atoms with Crippen molar-refractivity contribution in [2.75, 3.05) is 13.6 Å². The second-order valence-corrected chi connectivity index (χ2v) is 10.2. The van der Waals surface area contributed by atoms with Gasteiger partial charge in [0.15, 0.2) is 5.78 Å². The van der Waals surface area contributed by atoms with Gasteiger partial charge in [-0.15, -0.1) is 0 Å². The molecule has 2 atom stereocenters. The normalized spacial score (nSPS) is 20.1. The highest BCUT2D eigenvalue weighted by molar-refractivity contribution is 5.97. The summed E-state index contributed by atoms with van der Waals surface area (Å²) in [6.45, 7) is 2.11. The topological polar surface area (TPSA) is 40.5 Å². The van der Waals surface area contributed by atoms with Gasteiger partial charge in [0, 0.05) is 31.3 Å². The minimum Gasteiger partial charge on any atom is -0.392 e. The fourth-order valence-electron chi connectivity index (χ4n) is 5.35. The van der Waals surface area contributed by atoms with Crippen LogP contribution in [0.15, 0.2) is 53.7 Å². The molecule has 0 bridgehead atoms. The molecule has 1 N–H and O–H groups in total. The molecule has 0 radical (unpaired) electrons. The Morgan fingerprint density at radius 2 is 1.51 bits per heavy atom. The predicted octanol–water partition coefficient (Wildman–Crippen LogP) is 7.88. The van der Waals surface area contributed by atoms with Crippen molar-refractivity contribution in [1.82, 2.24) is 4.90 Å². The van der Waals surface area contributed by atoms with E-state index in [1.165, 1.54) is 30.5 Å². The third kappa shape index (κ3) is 8.30. The molecule has 0 heterocycles. The largest absolute Gasteiger partial charge is 0.416 e. The third-order valence-electron chi connectivity index (χ3n) is 7.39. The Morgan fingerprint density at radius 1 is 0.923 bits per heavy atom. The lowest BCUT2D eigenvalue weighted by atomic mass is 9.78. The lowest BCUT2D eigenvalue weighted by Crippen LogP contribution is -2.28. The molecule has 1 fully saturated rings. The third-order valence-corrected chi connectivity index (χ3v) is 7.39. The quantitative estimate of drug-likeness (QED) is 0.379. The lowest BCUT2D eigenvalue weighted by molar-refractivity contribution is -0.143. The van der Waals surface area contributed by atoms with Crippen LogP contribution in [0.2, 0.25) is 0 Å². The van der Waals surface area contributed by atoms with Crippen LogP contribution in [0.3, 0.4) is 0 Å². The summed E-state index contributed by atoms with van der Waals surface area (Å²) in [5.74, 6) is 1.34. The van der Waals surface area contributed by atoms with E-state index in [1.54, 1.807) is 12.1 Å². The fraction of sp³-hybridized carbons (Fsp3) is 0.483. The first-order valence-electron chi connectivity index (χ1n) is 12.8. The van der Waals surface area contributed by atoms with Crippen LogP contribution in [0.5, 0.6) is 0 Å². The van der Waals surface area contributed by atoms with E-state index < -0.39 is 35.6 Å². The summed E-state index contributed by atoms with van der Waals surface area (Å²) >= 11 is 0. The van der Waals surface area contributed by atoms with Crippen LogP contribution in [-0.2, 0) is 23.8 Å². The van der Waals surface area contributed by atoms with Gasteiger partial charge in [-0.05, 0) is 85.9 Å². The van der Waals surface area contributed by atoms with Crippen LogP contribution in [0, 0.1) is 11.7 Å². The number of rotatable bonds is 5. The lowest BCUT2D eigenvalue weighted by Gasteiger charge is -2.33. The number of alkyl halides is 6. The Balaban J connectivity index is 0.000000231. The van der Waals surface area contributed by atoms with Crippen LogP contribution in [0.1, 0.15) is 73.6 Å². The molecule has 2 aliphatic rings. The van der Waals surface area contributed by atoms with Crippen molar-refractivity contribution in [3.63, 3.8) is 0 Å². The molecule has 0 saturated heterocycles. The van der Waals surface area contributed by atoms with Crippen molar-refractivity contribution < 1.29 is 40.6 Å². The first kappa shape index (κ1) is 30.7. The maximum Gasteiger partial charge on any atom is 0.416 e. The summed E-state index contributed by atoms with van der Waals surface area (Å²) in [6, 6.07) is 8.00. The number of Topliss-reactive ketones (excluding diaryl/α,β-unsaturated/α-hetero) is 1. The highest BCUT2D eigenvalue weighted by atomic mass is 19.4. The summed E-state index contributed by atoms with van der Waals surface area (Å²) in [5.41, 5.74) is 0.183. The first-order chi connectivity index (χ1) is 18.2. The molecule has 214 valence electrons. The van der Waals surface area contributed by atoms with Crippen LogP contribution in [0.25, 0.3) is 0 Å². The Hall–Kier alpha value is -2.88. The van der Waals surface area contributed by atoms with E-state index in [2.05, 4.69) is 11.9 Å². The molecule has 0 spiro atoms. The monoisotopic (exact) mass is 559 g/mol. The van der Waals surface area contributed by atoms with Gasteiger partial charge in [-0.2, -0.15) is 26.3 Å². The van der Waals surface area contributed by atoms with Gasteiger partial charge in [0.25, 0.3) is 0 Å². The highest BCUT2D eigenvalue weighted by Gasteiger charge is 2.36. The molecule has 0 aromatic heterocycles. The molecule has 1 saturated carbocycles. The zero-order valence-corrected chi connectivity index (χ0v) is 21.8. The maximum absolute atomic E-state index is 13.1. The van der Waals surface area contributed by atoms with E-state index in [-0.39, 0.29) is 11.9 Å². The van der Waals surface area contributed by atoms with Crippen molar-refractivity contribution in [3.05, 3.63) is 81.8 Å². The fourth-order valence-corrected chi connectivity index (χ4v) is 5.35. The van der Waals surface area contributed by atoms with E-state index in [9.17, 15) is 35.5 Å². The molecule has 2 unspecified atom stereocenters. The number of carbonyl (C=O) groups excluding carboxylic acids is 1. The Bertz CT molecular complexity index is 1140. The van der Waals surface area contributed by atoms with Gasteiger partial charge in [0.1, 0.15) is 5.82 Å². The van der Waals surface area contributed by atoms with Crippen LogP contribution in [0.4, 0.5) is 30.7 Å². The molecule has 4 rings (SSSR count). The molecule has 2 aliphatic carbocycles. The average molecular weight is 560 g/mol. The average Bonchev–Trinajstić information content (AvgIpc) is 3.21. The second-order valence-electron chi connectivity index (χ2n) is 10.2. The van der Waals surface area contributed by atoms with Crippen molar-refractivity contribution in [1.29, 1.82) is 0 Å². The molecule has 39 heavy (non-hydrogen) atoms. The van der Waals surface area contributed by atoms with Gasteiger partial charge in [0.05, 0.1) is 17.7 Å². The van der Waals surface area contributed by atoms with Gasteiger partial charge in [0.2, 0.25) is 0 Å². The van der Waals surface area contributed by atoms with E-state index in [0.29, 0.717) is 36.2 Å². The number of hydrogen-bond donors (Lipinski definition) is 1. The van der Waals surface area contributed by atoms with Crippen molar-refractivity contribution in [3.8, 4) is 0 Å². The SMILES string of the molecule is CC1=C(N(C)CC2CCCC(c3ccc(F)cc3)C2)CCC1=O.OCc1cc(C(F)(F)F)cc(C(F)(F)F)c1. The summed E-state index contributed by atoms with van der Waals surface area (Å²) < 4.78 is 86.4. The molecule has 3 nitrogen and oxygen atoms in total. The smallest absolute Gasteiger partial charge is 0.392 e. The minimum atomic E-state index is -4.87. The van der Waals surface area contributed by atoms with E-state index in [1.807, 2.05) is 19.1 Å². The summed E-state index contributed by atoms with van der Waals surface area (Å²) in [5, 5.41) is 8.58. The number of ketones is 1. The second kappa shape index (κ2) is 12.5. The summed E-state index contributed by atoms with van der Waals surface area (Å²) in [6.07, 6.45) is -3.32. The Labute approximate surface area is 223 Å². The van der Waals surface area contributed by atoms with Crippen molar-refractivity contribution >= 4 is 5.78 Å². The summed E-state index contributed by atoms with van der Waals surface area (Å²) in [7, 11) is 2.12. The number of allylic oxidation sites excluding steroid dienone is 2. The van der Waals surface area contributed by atoms with E-state index in [0.717, 1.165) is 25.0 Å². The van der Waals surface area contributed by atoms with E-state index >= 15 is 0 Å². The van der Waals surface area contributed by atoms with Crippen molar-refractivity contribution in [2.24, 2.45) is 5.92 Å². The van der Waals surface area contributed by atoms with Gasteiger partial charge in [-0.3, -0.25) is 4.79 Å². The molecule has 2 aromatic carbocycles. The number of aliphatic hydroxyl groups excluding tert-OH is 1.